The highest BCUT2D eigenvalue weighted by atomic mass is 19.1. The molecule has 26 heavy (non-hydrogen) atoms. The highest BCUT2D eigenvalue weighted by molar-refractivity contribution is 5.93. The molecule has 2 heterocycles. The molecule has 138 valence electrons. The van der Waals surface area contributed by atoms with Crippen LogP contribution >= 0.6 is 0 Å². The zero-order valence-corrected chi connectivity index (χ0v) is 14.6. The smallest absolute Gasteiger partial charge is 0.257 e. The molecule has 0 saturated carbocycles. The SMILES string of the molecule is O=C(CC[C@@H]1CCCN(C(=O)c2ccoc2)C1)NCc1ccccc1F. The number of hydrogen-bond acceptors (Lipinski definition) is 3. The number of rotatable bonds is 6. The van der Waals surface area contributed by atoms with Crippen molar-refractivity contribution in [3.63, 3.8) is 0 Å². The predicted octanol–water partition coefficient (Wildman–Crippen LogP) is 3.37. The lowest BCUT2D eigenvalue weighted by molar-refractivity contribution is -0.121. The van der Waals surface area contributed by atoms with E-state index in [2.05, 4.69) is 5.32 Å². The van der Waals surface area contributed by atoms with Crippen molar-refractivity contribution in [1.82, 2.24) is 10.2 Å². The van der Waals surface area contributed by atoms with E-state index in [0.717, 1.165) is 25.8 Å². The Kier molecular flexibility index (Phi) is 6.04. The quantitative estimate of drug-likeness (QED) is 0.861. The molecule has 0 spiro atoms. The normalized spacial score (nSPS) is 17.1. The van der Waals surface area contributed by atoms with Crippen LogP contribution in [0.15, 0.2) is 47.3 Å². The highest BCUT2D eigenvalue weighted by Crippen LogP contribution is 2.22. The van der Waals surface area contributed by atoms with Crippen molar-refractivity contribution in [2.75, 3.05) is 13.1 Å². The number of carbonyl (C=O) groups excluding carboxylic acids is 2. The third-order valence-corrected chi connectivity index (χ3v) is 4.79. The lowest BCUT2D eigenvalue weighted by Crippen LogP contribution is -2.40. The number of piperidine rings is 1. The summed E-state index contributed by atoms with van der Waals surface area (Å²) in [5, 5.41) is 2.76. The fraction of sp³-hybridized carbons (Fsp3) is 0.400. The molecule has 1 aromatic heterocycles. The molecule has 1 N–H and O–H groups in total. The van der Waals surface area contributed by atoms with Crippen LogP contribution in [-0.4, -0.2) is 29.8 Å². The highest BCUT2D eigenvalue weighted by Gasteiger charge is 2.25. The Hall–Kier alpha value is -2.63. The van der Waals surface area contributed by atoms with Gasteiger partial charge in [-0.1, -0.05) is 18.2 Å². The van der Waals surface area contributed by atoms with E-state index in [4.69, 9.17) is 4.42 Å². The van der Waals surface area contributed by atoms with Gasteiger partial charge in [0.25, 0.3) is 5.91 Å². The molecule has 1 aromatic carbocycles. The topological polar surface area (TPSA) is 62.6 Å². The minimum Gasteiger partial charge on any atom is -0.472 e. The van der Waals surface area contributed by atoms with Gasteiger partial charge in [0.2, 0.25) is 5.91 Å². The van der Waals surface area contributed by atoms with Crippen LogP contribution in [0.5, 0.6) is 0 Å². The molecule has 1 saturated heterocycles. The maximum atomic E-state index is 13.6. The molecule has 2 aromatic rings. The fourth-order valence-corrected chi connectivity index (χ4v) is 3.31. The zero-order valence-electron chi connectivity index (χ0n) is 14.6. The van der Waals surface area contributed by atoms with Crippen LogP contribution in [-0.2, 0) is 11.3 Å². The Balaban J connectivity index is 1.43. The molecule has 3 rings (SSSR count). The van der Waals surface area contributed by atoms with E-state index in [1.54, 1.807) is 24.3 Å². The van der Waals surface area contributed by atoms with Gasteiger partial charge >= 0.3 is 0 Å². The Bertz CT molecular complexity index is 745. The second-order valence-corrected chi connectivity index (χ2v) is 6.68. The van der Waals surface area contributed by atoms with Crippen molar-refractivity contribution < 1.29 is 18.4 Å². The van der Waals surface area contributed by atoms with E-state index in [0.29, 0.717) is 30.0 Å². The lowest BCUT2D eigenvalue weighted by Gasteiger charge is -2.32. The molecule has 1 atom stereocenters. The number of halogens is 1. The van der Waals surface area contributed by atoms with Crippen LogP contribution in [0.2, 0.25) is 0 Å². The van der Waals surface area contributed by atoms with E-state index >= 15 is 0 Å². The van der Waals surface area contributed by atoms with Gasteiger partial charge in [0, 0.05) is 31.6 Å². The van der Waals surface area contributed by atoms with Gasteiger partial charge in [-0.15, -0.1) is 0 Å². The van der Waals surface area contributed by atoms with Crippen LogP contribution < -0.4 is 5.32 Å². The number of hydrogen-bond donors (Lipinski definition) is 1. The molecule has 0 unspecified atom stereocenters. The van der Waals surface area contributed by atoms with Gasteiger partial charge in [0.05, 0.1) is 11.8 Å². The third kappa shape index (κ3) is 4.71. The standard InChI is InChI=1S/C20H23FN2O3/c21-18-6-2-1-5-16(18)12-22-19(24)8-7-15-4-3-10-23(13-15)20(25)17-9-11-26-14-17/h1-2,5-6,9,11,14-15H,3-4,7-8,10,12-13H2,(H,22,24)/t15-/m0/s1. The Morgan fingerprint density at radius 1 is 1.27 bits per heavy atom. The Labute approximate surface area is 152 Å². The zero-order chi connectivity index (χ0) is 18.4. The number of nitrogens with zero attached hydrogens (tertiary/aromatic N) is 1. The van der Waals surface area contributed by atoms with Gasteiger partial charge in [-0.05, 0) is 37.3 Å². The molecular formula is C20H23FN2O3. The van der Waals surface area contributed by atoms with Gasteiger partial charge in [0.15, 0.2) is 0 Å². The van der Waals surface area contributed by atoms with E-state index in [1.165, 1.54) is 18.6 Å². The first-order valence-electron chi connectivity index (χ1n) is 8.95. The summed E-state index contributed by atoms with van der Waals surface area (Å²) in [7, 11) is 0. The number of carbonyl (C=O) groups is 2. The number of likely N-dealkylation sites (tertiary alicyclic amines) is 1. The van der Waals surface area contributed by atoms with Gasteiger partial charge < -0.3 is 14.6 Å². The lowest BCUT2D eigenvalue weighted by atomic mass is 9.93. The number of nitrogens with one attached hydrogen (secondary N) is 1. The molecule has 2 amide bonds. The van der Waals surface area contributed by atoms with Crippen molar-refractivity contribution in [2.45, 2.75) is 32.2 Å². The van der Waals surface area contributed by atoms with E-state index in [9.17, 15) is 14.0 Å². The first-order valence-corrected chi connectivity index (χ1v) is 8.95. The summed E-state index contributed by atoms with van der Waals surface area (Å²) in [6.45, 7) is 1.59. The maximum absolute atomic E-state index is 13.6. The molecule has 1 aliphatic rings. The molecular weight excluding hydrogens is 335 g/mol. The number of amides is 2. The summed E-state index contributed by atoms with van der Waals surface area (Å²) < 4.78 is 18.5. The summed E-state index contributed by atoms with van der Waals surface area (Å²) in [5.41, 5.74) is 1.05. The van der Waals surface area contributed by atoms with E-state index in [1.807, 2.05) is 4.90 Å². The van der Waals surface area contributed by atoms with Crippen molar-refractivity contribution in [3.05, 3.63) is 59.8 Å². The van der Waals surface area contributed by atoms with Gasteiger partial charge in [-0.2, -0.15) is 0 Å². The van der Waals surface area contributed by atoms with Crippen LogP contribution in [0, 0.1) is 11.7 Å². The van der Waals surface area contributed by atoms with Gasteiger partial charge in [-0.3, -0.25) is 9.59 Å². The van der Waals surface area contributed by atoms with Crippen LogP contribution in [0.4, 0.5) is 4.39 Å². The molecule has 0 bridgehead atoms. The van der Waals surface area contributed by atoms with Crippen LogP contribution in [0.1, 0.15) is 41.6 Å². The molecule has 0 aliphatic carbocycles. The fourth-order valence-electron chi connectivity index (χ4n) is 3.31. The third-order valence-electron chi connectivity index (χ3n) is 4.79. The second-order valence-electron chi connectivity index (χ2n) is 6.68. The average Bonchev–Trinajstić information content (AvgIpc) is 3.20. The summed E-state index contributed by atoms with van der Waals surface area (Å²) in [6, 6.07) is 8.09. The largest absolute Gasteiger partial charge is 0.472 e. The van der Waals surface area contributed by atoms with Crippen molar-refractivity contribution in [1.29, 1.82) is 0 Å². The Morgan fingerprint density at radius 2 is 2.12 bits per heavy atom. The van der Waals surface area contributed by atoms with E-state index < -0.39 is 0 Å². The minimum absolute atomic E-state index is 0.0209. The average molecular weight is 358 g/mol. The number of benzene rings is 1. The molecule has 5 nitrogen and oxygen atoms in total. The van der Waals surface area contributed by atoms with Crippen LogP contribution in [0.3, 0.4) is 0 Å². The summed E-state index contributed by atoms with van der Waals surface area (Å²) in [6.07, 6.45) is 6.00. The first kappa shape index (κ1) is 18.2. The Morgan fingerprint density at radius 3 is 2.88 bits per heavy atom. The summed E-state index contributed by atoms with van der Waals surface area (Å²) >= 11 is 0. The molecule has 1 fully saturated rings. The summed E-state index contributed by atoms with van der Waals surface area (Å²) in [5.74, 6) is -0.119. The monoisotopic (exact) mass is 358 g/mol. The van der Waals surface area contributed by atoms with Gasteiger partial charge in [0.1, 0.15) is 12.1 Å². The molecule has 6 heteroatoms. The molecule has 0 radical (unpaired) electrons. The predicted molar refractivity (Wildman–Crippen MR) is 94.8 cm³/mol. The maximum Gasteiger partial charge on any atom is 0.257 e. The van der Waals surface area contributed by atoms with Crippen molar-refractivity contribution in [3.8, 4) is 0 Å². The number of furan rings is 1. The van der Waals surface area contributed by atoms with Crippen molar-refractivity contribution >= 4 is 11.8 Å². The van der Waals surface area contributed by atoms with Gasteiger partial charge in [-0.25, -0.2) is 4.39 Å². The summed E-state index contributed by atoms with van der Waals surface area (Å²) in [4.78, 5) is 26.3. The van der Waals surface area contributed by atoms with Crippen molar-refractivity contribution in [2.24, 2.45) is 5.92 Å². The second kappa shape index (κ2) is 8.65. The minimum atomic E-state index is -0.312. The first-order chi connectivity index (χ1) is 12.6. The van der Waals surface area contributed by atoms with E-state index in [-0.39, 0.29) is 24.2 Å². The van der Waals surface area contributed by atoms with Crippen LogP contribution in [0.25, 0.3) is 0 Å². The molecule has 1 aliphatic heterocycles.